The summed E-state index contributed by atoms with van der Waals surface area (Å²) in [6.45, 7) is 3.98. The van der Waals surface area contributed by atoms with Crippen LogP contribution in [-0.4, -0.2) is 10.9 Å². The van der Waals surface area contributed by atoms with Gasteiger partial charge < -0.3 is 9.73 Å². The molecular formula is C20H20N2O2. The van der Waals surface area contributed by atoms with Crippen LogP contribution in [0.25, 0.3) is 22.6 Å². The first kappa shape index (κ1) is 16.0. The molecule has 0 fully saturated rings. The van der Waals surface area contributed by atoms with Crippen LogP contribution in [0.1, 0.15) is 25.8 Å². The van der Waals surface area contributed by atoms with Crippen LogP contribution >= 0.6 is 0 Å². The maximum atomic E-state index is 11.5. The number of anilines is 1. The molecule has 3 rings (SSSR count). The average Bonchev–Trinajstić information content (AvgIpc) is 3.16. The number of rotatable bonds is 5. The van der Waals surface area contributed by atoms with Gasteiger partial charge in [0, 0.05) is 17.7 Å². The Balaban J connectivity index is 1.95. The van der Waals surface area contributed by atoms with Crippen LogP contribution in [-0.2, 0) is 11.2 Å². The number of carbonyl (C=O) groups is 1. The number of carbonyl (C=O) groups excluding carboxylic acids is 1. The molecule has 0 saturated heterocycles. The zero-order chi connectivity index (χ0) is 16.9. The summed E-state index contributed by atoms with van der Waals surface area (Å²) in [6.07, 6.45) is 4.64. The molecule has 1 aromatic heterocycles. The number of nitrogens with one attached hydrogen (secondary N) is 1. The fraction of sp³-hybridized carbons (Fsp3) is 0.200. The lowest BCUT2D eigenvalue weighted by atomic mass is 9.95. The van der Waals surface area contributed by atoms with E-state index in [1.165, 1.54) is 5.56 Å². The van der Waals surface area contributed by atoms with Gasteiger partial charge in [0.1, 0.15) is 6.26 Å². The normalized spacial score (nSPS) is 10.6. The Bertz CT molecular complexity index is 821. The van der Waals surface area contributed by atoms with Gasteiger partial charge in [0.25, 0.3) is 0 Å². The molecule has 0 aliphatic carbocycles. The first-order chi connectivity index (χ1) is 11.7. The van der Waals surface area contributed by atoms with E-state index in [-0.39, 0.29) is 5.91 Å². The van der Waals surface area contributed by atoms with Crippen molar-refractivity contribution in [2.24, 2.45) is 0 Å². The molecule has 0 spiro atoms. The number of amides is 1. The molecule has 1 heterocycles. The summed E-state index contributed by atoms with van der Waals surface area (Å²) in [7, 11) is 0. The molecule has 0 saturated carbocycles. The van der Waals surface area contributed by atoms with Crippen molar-refractivity contribution in [3.05, 3.63) is 60.5 Å². The molecule has 0 unspecified atom stereocenters. The second-order valence-corrected chi connectivity index (χ2v) is 5.54. The molecule has 4 heteroatoms. The third kappa shape index (κ3) is 3.38. The molecule has 0 radical (unpaired) electrons. The molecule has 4 nitrogen and oxygen atoms in total. The molecule has 3 aromatic rings. The Hall–Kier alpha value is -2.88. The lowest BCUT2D eigenvalue weighted by molar-refractivity contribution is -0.115. The molecule has 122 valence electrons. The van der Waals surface area contributed by atoms with Crippen molar-refractivity contribution in [3.8, 4) is 22.6 Å². The van der Waals surface area contributed by atoms with Gasteiger partial charge in [0.15, 0.2) is 0 Å². The first-order valence-electron chi connectivity index (χ1n) is 8.14. The van der Waals surface area contributed by atoms with E-state index in [9.17, 15) is 4.79 Å². The summed E-state index contributed by atoms with van der Waals surface area (Å²) in [5, 5.41) is 2.87. The average molecular weight is 320 g/mol. The Labute approximate surface area is 141 Å². The largest absolute Gasteiger partial charge is 0.445 e. The van der Waals surface area contributed by atoms with E-state index in [2.05, 4.69) is 29.4 Å². The second kappa shape index (κ2) is 7.13. The molecule has 24 heavy (non-hydrogen) atoms. The van der Waals surface area contributed by atoms with Crippen LogP contribution in [0.15, 0.2) is 59.3 Å². The molecule has 2 aromatic carbocycles. The van der Waals surface area contributed by atoms with Crippen LogP contribution in [0.4, 0.5) is 5.69 Å². The van der Waals surface area contributed by atoms with Crippen LogP contribution in [0, 0.1) is 0 Å². The summed E-state index contributed by atoms with van der Waals surface area (Å²) in [6, 6.07) is 14.2. The Morgan fingerprint density at radius 2 is 1.83 bits per heavy atom. The van der Waals surface area contributed by atoms with Gasteiger partial charge in [-0.15, -0.1) is 0 Å². The fourth-order valence-electron chi connectivity index (χ4n) is 2.64. The molecule has 1 amide bonds. The highest BCUT2D eigenvalue weighted by atomic mass is 16.3. The van der Waals surface area contributed by atoms with Crippen molar-refractivity contribution in [1.82, 2.24) is 4.98 Å². The van der Waals surface area contributed by atoms with Crippen molar-refractivity contribution in [2.45, 2.75) is 26.7 Å². The van der Waals surface area contributed by atoms with Gasteiger partial charge in [-0.3, -0.25) is 4.79 Å². The number of hydrogen-bond donors (Lipinski definition) is 1. The predicted molar refractivity (Wildman–Crippen MR) is 95.7 cm³/mol. The molecule has 0 atom stereocenters. The molecular weight excluding hydrogens is 300 g/mol. The van der Waals surface area contributed by atoms with Gasteiger partial charge in [-0.05, 0) is 47.4 Å². The van der Waals surface area contributed by atoms with E-state index >= 15 is 0 Å². The minimum atomic E-state index is 0.0166. The van der Waals surface area contributed by atoms with Crippen molar-refractivity contribution in [1.29, 1.82) is 0 Å². The van der Waals surface area contributed by atoms with Crippen molar-refractivity contribution >= 4 is 11.6 Å². The topological polar surface area (TPSA) is 55.1 Å². The molecule has 0 bridgehead atoms. The van der Waals surface area contributed by atoms with Crippen LogP contribution in [0.3, 0.4) is 0 Å². The number of benzene rings is 2. The molecule has 0 aliphatic rings. The van der Waals surface area contributed by atoms with Crippen molar-refractivity contribution in [3.63, 3.8) is 0 Å². The maximum Gasteiger partial charge on any atom is 0.225 e. The third-order valence-electron chi connectivity index (χ3n) is 3.97. The number of nitrogens with zero attached hydrogens (tertiary/aromatic N) is 1. The fourth-order valence-corrected chi connectivity index (χ4v) is 2.64. The number of hydrogen-bond acceptors (Lipinski definition) is 3. The summed E-state index contributed by atoms with van der Waals surface area (Å²) in [5.74, 6) is 0.633. The van der Waals surface area contributed by atoms with Crippen LogP contribution in [0.2, 0.25) is 0 Å². The van der Waals surface area contributed by atoms with E-state index in [1.54, 1.807) is 12.5 Å². The SMILES string of the molecule is CCC(=O)Nc1ccc(-c2cc(-c3ncco3)ccc2CC)cc1. The smallest absolute Gasteiger partial charge is 0.225 e. The summed E-state index contributed by atoms with van der Waals surface area (Å²) < 4.78 is 5.40. The third-order valence-corrected chi connectivity index (χ3v) is 3.97. The van der Waals surface area contributed by atoms with E-state index in [0.717, 1.165) is 28.8 Å². The van der Waals surface area contributed by atoms with Gasteiger partial charge in [0.2, 0.25) is 11.8 Å². The number of aryl methyl sites for hydroxylation is 1. The highest BCUT2D eigenvalue weighted by Gasteiger charge is 2.09. The first-order valence-corrected chi connectivity index (χ1v) is 8.14. The van der Waals surface area contributed by atoms with Gasteiger partial charge in [-0.2, -0.15) is 0 Å². The quantitative estimate of drug-likeness (QED) is 0.726. The van der Waals surface area contributed by atoms with Crippen molar-refractivity contribution < 1.29 is 9.21 Å². The zero-order valence-corrected chi connectivity index (χ0v) is 13.9. The van der Waals surface area contributed by atoms with Crippen LogP contribution < -0.4 is 5.32 Å². The standard InChI is InChI=1S/C20H20N2O2/c1-3-14-5-6-16(20-21-11-12-24-20)13-18(14)15-7-9-17(10-8-15)22-19(23)4-2/h5-13H,3-4H2,1-2H3,(H,22,23). The Kier molecular flexibility index (Phi) is 4.75. The van der Waals surface area contributed by atoms with E-state index in [4.69, 9.17) is 4.42 Å². The number of aromatic nitrogens is 1. The Morgan fingerprint density at radius 1 is 1.08 bits per heavy atom. The second-order valence-electron chi connectivity index (χ2n) is 5.54. The highest BCUT2D eigenvalue weighted by molar-refractivity contribution is 5.90. The Morgan fingerprint density at radius 3 is 2.46 bits per heavy atom. The van der Waals surface area contributed by atoms with Crippen LogP contribution in [0.5, 0.6) is 0 Å². The van der Waals surface area contributed by atoms with Crippen molar-refractivity contribution in [2.75, 3.05) is 5.32 Å². The maximum absolute atomic E-state index is 11.5. The minimum Gasteiger partial charge on any atom is -0.445 e. The predicted octanol–water partition coefficient (Wildman–Crippen LogP) is 4.92. The van der Waals surface area contributed by atoms with E-state index < -0.39 is 0 Å². The monoisotopic (exact) mass is 320 g/mol. The van der Waals surface area contributed by atoms with Gasteiger partial charge >= 0.3 is 0 Å². The van der Waals surface area contributed by atoms with Gasteiger partial charge in [0.05, 0.1) is 6.20 Å². The van der Waals surface area contributed by atoms with Gasteiger partial charge in [-0.25, -0.2) is 4.98 Å². The summed E-state index contributed by atoms with van der Waals surface area (Å²) in [4.78, 5) is 15.7. The lowest BCUT2D eigenvalue weighted by Gasteiger charge is -2.11. The summed E-state index contributed by atoms with van der Waals surface area (Å²) in [5.41, 5.74) is 5.29. The lowest BCUT2D eigenvalue weighted by Crippen LogP contribution is -2.09. The number of oxazole rings is 1. The zero-order valence-electron chi connectivity index (χ0n) is 13.9. The highest BCUT2D eigenvalue weighted by Crippen LogP contribution is 2.30. The molecule has 0 aliphatic heterocycles. The molecule has 1 N–H and O–H groups in total. The minimum absolute atomic E-state index is 0.0166. The van der Waals surface area contributed by atoms with E-state index in [1.807, 2.05) is 37.3 Å². The summed E-state index contributed by atoms with van der Waals surface area (Å²) >= 11 is 0. The van der Waals surface area contributed by atoms with Gasteiger partial charge in [-0.1, -0.05) is 32.0 Å². The van der Waals surface area contributed by atoms with E-state index in [0.29, 0.717) is 12.3 Å².